The van der Waals surface area contributed by atoms with E-state index in [4.69, 9.17) is 4.42 Å². The molecule has 0 spiro atoms. The smallest absolute Gasteiger partial charge is 0.275 e. The molecule has 0 radical (unpaired) electrons. The lowest BCUT2D eigenvalue weighted by atomic mass is 10.1. The van der Waals surface area contributed by atoms with E-state index in [-0.39, 0.29) is 5.91 Å². The normalized spacial score (nSPS) is 11.1. The minimum absolute atomic E-state index is 0.268. The van der Waals surface area contributed by atoms with Crippen LogP contribution in [-0.4, -0.2) is 25.7 Å². The number of aromatic nitrogens is 4. The van der Waals surface area contributed by atoms with Gasteiger partial charge in [0.05, 0.1) is 17.7 Å². The molecule has 0 fully saturated rings. The topological polar surface area (TPSA) is 85.8 Å². The standard InChI is InChI=1S/C25H20FN5O2S2/c1-15-9-10-17(12-16(15)2)27-24(32)19-13-34-22(28-19)14-35-25-30-29-23(21-8-5-11-33-21)31(25)20-7-4-3-6-18(20)26/h3-13H,14H2,1-2H3,(H,27,32). The number of furan rings is 1. The van der Waals surface area contributed by atoms with Crippen LogP contribution < -0.4 is 5.32 Å². The number of benzene rings is 2. The van der Waals surface area contributed by atoms with Crippen LogP contribution in [0.2, 0.25) is 0 Å². The zero-order valence-corrected chi connectivity index (χ0v) is 20.5. The summed E-state index contributed by atoms with van der Waals surface area (Å²) in [6, 6.07) is 15.7. The lowest BCUT2D eigenvalue weighted by Gasteiger charge is -2.09. The molecular formula is C25H20FN5O2S2. The Hall–Kier alpha value is -3.76. The molecule has 0 aliphatic heterocycles. The molecule has 2 aromatic carbocycles. The van der Waals surface area contributed by atoms with Crippen LogP contribution in [0.4, 0.5) is 10.1 Å². The van der Waals surface area contributed by atoms with Crippen LogP contribution in [0.1, 0.15) is 26.6 Å². The maximum Gasteiger partial charge on any atom is 0.275 e. The van der Waals surface area contributed by atoms with Crippen LogP contribution in [-0.2, 0) is 5.75 Å². The number of hydrogen-bond donors (Lipinski definition) is 1. The SMILES string of the molecule is Cc1ccc(NC(=O)c2csc(CSc3nnc(-c4ccco4)n3-c3ccccc3F)n2)cc1C. The van der Waals surface area contributed by atoms with Gasteiger partial charge in [-0.25, -0.2) is 9.37 Å². The number of amides is 1. The first kappa shape index (κ1) is 23.0. The molecule has 0 saturated heterocycles. The van der Waals surface area contributed by atoms with Gasteiger partial charge in [-0.05, 0) is 61.4 Å². The first-order valence-electron chi connectivity index (χ1n) is 10.7. The highest BCUT2D eigenvalue weighted by Gasteiger charge is 2.21. The van der Waals surface area contributed by atoms with Crippen molar-refractivity contribution < 1.29 is 13.6 Å². The van der Waals surface area contributed by atoms with Crippen molar-refractivity contribution in [3.63, 3.8) is 0 Å². The Bertz CT molecular complexity index is 1490. The molecule has 176 valence electrons. The summed E-state index contributed by atoms with van der Waals surface area (Å²) in [6.07, 6.45) is 1.53. The summed E-state index contributed by atoms with van der Waals surface area (Å²) in [5, 5.41) is 14.3. The molecular weight excluding hydrogens is 485 g/mol. The molecule has 7 nitrogen and oxygen atoms in total. The van der Waals surface area contributed by atoms with Crippen molar-refractivity contribution in [3.05, 3.63) is 93.9 Å². The van der Waals surface area contributed by atoms with E-state index in [2.05, 4.69) is 20.5 Å². The summed E-state index contributed by atoms with van der Waals surface area (Å²) in [4.78, 5) is 17.1. The third kappa shape index (κ3) is 4.89. The first-order valence-corrected chi connectivity index (χ1v) is 12.6. The molecule has 35 heavy (non-hydrogen) atoms. The summed E-state index contributed by atoms with van der Waals surface area (Å²) in [5.74, 6) is 0.644. The predicted molar refractivity (Wildman–Crippen MR) is 135 cm³/mol. The fourth-order valence-corrected chi connectivity index (χ4v) is 5.14. The highest BCUT2D eigenvalue weighted by atomic mass is 32.2. The Morgan fingerprint density at radius 3 is 2.74 bits per heavy atom. The number of aryl methyl sites for hydroxylation is 2. The third-order valence-corrected chi connectivity index (χ3v) is 7.31. The van der Waals surface area contributed by atoms with Gasteiger partial charge in [-0.1, -0.05) is 30.0 Å². The monoisotopic (exact) mass is 505 g/mol. The number of thiazole rings is 1. The lowest BCUT2D eigenvalue weighted by Crippen LogP contribution is -2.12. The van der Waals surface area contributed by atoms with Crippen LogP contribution in [0.15, 0.2) is 75.8 Å². The number of carbonyl (C=O) groups is 1. The first-order chi connectivity index (χ1) is 17.0. The number of nitrogens with zero attached hydrogens (tertiary/aromatic N) is 4. The summed E-state index contributed by atoms with van der Waals surface area (Å²) in [7, 11) is 0. The largest absolute Gasteiger partial charge is 0.461 e. The van der Waals surface area contributed by atoms with E-state index >= 15 is 0 Å². The molecule has 0 atom stereocenters. The molecule has 5 aromatic rings. The van der Waals surface area contributed by atoms with Crippen molar-refractivity contribution in [2.45, 2.75) is 24.8 Å². The minimum atomic E-state index is -0.401. The van der Waals surface area contributed by atoms with Gasteiger partial charge in [0.2, 0.25) is 5.82 Å². The van der Waals surface area contributed by atoms with Gasteiger partial charge < -0.3 is 9.73 Å². The van der Waals surface area contributed by atoms with E-state index in [0.29, 0.717) is 33.9 Å². The lowest BCUT2D eigenvalue weighted by molar-refractivity contribution is 0.102. The minimum Gasteiger partial charge on any atom is -0.461 e. The Kier molecular flexibility index (Phi) is 6.47. The van der Waals surface area contributed by atoms with E-state index in [1.54, 1.807) is 40.3 Å². The van der Waals surface area contributed by atoms with Crippen LogP contribution in [0.5, 0.6) is 0 Å². The maximum atomic E-state index is 14.7. The second-order valence-electron chi connectivity index (χ2n) is 7.74. The van der Waals surface area contributed by atoms with Crippen LogP contribution in [0.3, 0.4) is 0 Å². The van der Waals surface area contributed by atoms with E-state index in [9.17, 15) is 9.18 Å². The molecule has 1 amide bonds. The van der Waals surface area contributed by atoms with Crippen molar-refractivity contribution in [3.8, 4) is 17.3 Å². The Balaban J connectivity index is 1.35. The number of rotatable bonds is 7. The molecule has 0 unspecified atom stereocenters. The number of carbonyl (C=O) groups excluding carboxylic acids is 1. The fraction of sp³-hybridized carbons (Fsp3) is 0.120. The van der Waals surface area contributed by atoms with Gasteiger partial charge in [0.15, 0.2) is 10.9 Å². The Morgan fingerprint density at radius 2 is 1.97 bits per heavy atom. The second kappa shape index (κ2) is 9.85. The predicted octanol–water partition coefficient (Wildman–Crippen LogP) is 6.28. The average molecular weight is 506 g/mol. The van der Waals surface area contributed by atoms with Gasteiger partial charge >= 0.3 is 0 Å². The fourth-order valence-electron chi connectivity index (χ4n) is 3.40. The summed E-state index contributed by atoms with van der Waals surface area (Å²) < 4.78 is 21.8. The van der Waals surface area contributed by atoms with Gasteiger partial charge in [-0.2, -0.15) is 0 Å². The van der Waals surface area contributed by atoms with Crippen molar-refractivity contribution in [2.24, 2.45) is 0 Å². The maximum absolute atomic E-state index is 14.7. The van der Waals surface area contributed by atoms with Crippen molar-refractivity contribution in [1.82, 2.24) is 19.7 Å². The van der Waals surface area contributed by atoms with Gasteiger partial charge in [0.1, 0.15) is 16.5 Å². The van der Waals surface area contributed by atoms with E-state index in [1.807, 2.05) is 32.0 Å². The Labute approximate surface area is 209 Å². The third-order valence-electron chi connectivity index (χ3n) is 5.34. The van der Waals surface area contributed by atoms with Crippen LogP contribution >= 0.6 is 23.1 Å². The number of anilines is 1. The summed E-state index contributed by atoms with van der Waals surface area (Å²) >= 11 is 2.73. The van der Waals surface area contributed by atoms with Gasteiger partial charge in [0, 0.05) is 11.1 Å². The highest BCUT2D eigenvalue weighted by Crippen LogP contribution is 2.31. The quantitative estimate of drug-likeness (QED) is 0.262. The highest BCUT2D eigenvalue weighted by molar-refractivity contribution is 7.98. The molecule has 0 aliphatic carbocycles. The molecule has 0 saturated carbocycles. The summed E-state index contributed by atoms with van der Waals surface area (Å²) in [6.45, 7) is 4.02. The Morgan fingerprint density at radius 1 is 1.11 bits per heavy atom. The van der Waals surface area contributed by atoms with Crippen LogP contribution in [0, 0.1) is 19.7 Å². The van der Waals surface area contributed by atoms with Gasteiger partial charge in [-0.15, -0.1) is 21.5 Å². The number of nitrogens with one attached hydrogen (secondary N) is 1. The zero-order valence-electron chi connectivity index (χ0n) is 18.9. The molecule has 0 aliphatic rings. The van der Waals surface area contributed by atoms with Crippen molar-refractivity contribution in [2.75, 3.05) is 5.32 Å². The number of hydrogen-bond acceptors (Lipinski definition) is 7. The molecule has 3 heterocycles. The molecule has 5 rings (SSSR count). The van der Waals surface area contributed by atoms with Crippen molar-refractivity contribution in [1.29, 1.82) is 0 Å². The van der Waals surface area contributed by atoms with Crippen molar-refractivity contribution >= 4 is 34.7 Å². The summed E-state index contributed by atoms with van der Waals surface area (Å²) in [5.41, 5.74) is 3.65. The number of thioether (sulfide) groups is 1. The van der Waals surface area contributed by atoms with E-state index in [1.165, 1.54) is 35.4 Å². The van der Waals surface area contributed by atoms with Gasteiger partial charge in [-0.3, -0.25) is 9.36 Å². The molecule has 0 bridgehead atoms. The molecule has 1 N–H and O–H groups in total. The van der Waals surface area contributed by atoms with Gasteiger partial charge in [0.25, 0.3) is 5.91 Å². The van der Waals surface area contributed by atoms with Crippen LogP contribution in [0.25, 0.3) is 17.3 Å². The molecule has 10 heteroatoms. The second-order valence-corrected chi connectivity index (χ2v) is 9.62. The number of halogens is 1. The number of para-hydroxylation sites is 1. The molecule has 3 aromatic heterocycles. The average Bonchev–Trinajstić information content (AvgIpc) is 3.61. The van der Waals surface area contributed by atoms with E-state index < -0.39 is 5.82 Å². The van der Waals surface area contributed by atoms with E-state index in [0.717, 1.165) is 21.8 Å². The zero-order chi connectivity index (χ0) is 24.4.